The van der Waals surface area contributed by atoms with Crippen molar-refractivity contribution in [3.8, 4) is 5.75 Å². The number of rotatable bonds is 12. The van der Waals surface area contributed by atoms with Crippen molar-refractivity contribution in [1.82, 2.24) is 34.9 Å². The average molecular weight is 755 g/mol. The lowest BCUT2D eigenvalue weighted by molar-refractivity contribution is -0.134. The molecule has 1 saturated carbocycles. The number of nitrogens with one attached hydrogen (secondary N) is 5. The van der Waals surface area contributed by atoms with E-state index in [1.165, 1.54) is 11.6 Å². The Hall–Kier alpha value is -5.70. The van der Waals surface area contributed by atoms with Crippen LogP contribution in [0.5, 0.6) is 5.75 Å². The fraction of sp³-hybridized carbons (Fsp3) is 0.395. The van der Waals surface area contributed by atoms with Crippen molar-refractivity contribution >= 4 is 74.3 Å². The van der Waals surface area contributed by atoms with Gasteiger partial charge in [-0.3, -0.25) is 29.2 Å². The van der Waals surface area contributed by atoms with Crippen molar-refractivity contribution in [2.24, 2.45) is 25.9 Å². The second-order valence-corrected chi connectivity index (χ2v) is 14.4. The van der Waals surface area contributed by atoms with Gasteiger partial charge in [-0.1, -0.05) is 23.7 Å². The Labute approximate surface area is 316 Å². The molecule has 1 aliphatic carbocycles. The lowest BCUT2D eigenvalue weighted by atomic mass is 9.82. The standard InChI is InChI=1S/C38H43ClN10O5/c1-40-32(51)20-54-30-16-23-15-24(11-13-29(23)48(2)37(30)53)44-35-27(39)19-43-38(46-35)42-18-22-9-7-21(8-10-22)17-41-28-6-4-5-25-33(47-49(3)34(25)28)26-12-14-31(50)45-36(26)52/h4-6,11,13,15-16,19,21-22,26,41H,7-10,12,14,17-18,20H2,1-3H3,(H,40,51)(H,45,50,52)(H2,42,43,44,46). The van der Waals surface area contributed by atoms with Gasteiger partial charge in [-0.15, -0.1) is 0 Å². The van der Waals surface area contributed by atoms with Crippen molar-refractivity contribution in [2.45, 2.75) is 44.4 Å². The number of hydrogen-bond acceptors (Lipinski definition) is 11. The van der Waals surface area contributed by atoms with Gasteiger partial charge < -0.3 is 30.6 Å². The molecule has 5 N–H and O–H groups in total. The number of benzene rings is 2. The summed E-state index contributed by atoms with van der Waals surface area (Å²) >= 11 is 6.49. The summed E-state index contributed by atoms with van der Waals surface area (Å²) in [6, 6.07) is 13.2. The number of ether oxygens (including phenoxy) is 1. The lowest BCUT2D eigenvalue weighted by Gasteiger charge is -2.29. The van der Waals surface area contributed by atoms with Crippen molar-refractivity contribution in [3.05, 3.63) is 69.7 Å². The highest BCUT2D eigenvalue weighted by molar-refractivity contribution is 6.33. The molecular formula is C38H43ClN10O5. The number of aromatic nitrogens is 5. The largest absolute Gasteiger partial charge is 0.478 e. The first-order valence-electron chi connectivity index (χ1n) is 18.1. The summed E-state index contributed by atoms with van der Waals surface area (Å²) in [5.74, 6) is 0.693. The van der Waals surface area contributed by atoms with Gasteiger partial charge >= 0.3 is 0 Å². The SMILES string of the molecule is CNC(=O)COc1cc2cc(Nc3nc(NCC4CCC(CNc5cccc6c(C7CCC(=O)NC7=O)nn(C)c56)CC4)ncc3Cl)ccc2n(C)c1=O. The van der Waals surface area contributed by atoms with E-state index in [1.807, 2.05) is 42.1 Å². The molecule has 0 bridgehead atoms. The number of halogens is 1. The second-order valence-electron chi connectivity index (χ2n) is 14.0. The van der Waals surface area contributed by atoms with Crippen molar-refractivity contribution in [3.63, 3.8) is 0 Å². The molecule has 4 heterocycles. The Bertz CT molecular complexity index is 2300. The van der Waals surface area contributed by atoms with Gasteiger partial charge in [0.2, 0.25) is 17.8 Å². The van der Waals surface area contributed by atoms with Crippen molar-refractivity contribution < 1.29 is 19.1 Å². The van der Waals surface area contributed by atoms with Crippen LogP contribution < -0.4 is 36.9 Å². The van der Waals surface area contributed by atoms with E-state index in [0.717, 1.165) is 60.7 Å². The number of pyridine rings is 1. The summed E-state index contributed by atoms with van der Waals surface area (Å²) in [6.45, 7) is 1.31. The summed E-state index contributed by atoms with van der Waals surface area (Å²) < 4.78 is 8.79. The summed E-state index contributed by atoms with van der Waals surface area (Å²) in [4.78, 5) is 57.7. The number of aryl methyl sites for hydroxylation is 2. The van der Waals surface area contributed by atoms with Gasteiger partial charge in [0.25, 0.3) is 11.5 Å². The average Bonchev–Trinajstić information content (AvgIpc) is 3.51. The van der Waals surface area contributed by atoms with Crippen LogP contribution in [0, 0.1) is 11.8 Å². The van der Waals surface area contributed by atoms with Crippen molar-refractivity contribution in [2.75, 3.05) is 42.7 Å². The molecule has 5 aromatic rings. The minimum Gasteiger partial charge on any atom is -0.478 e. The molecule has 1 atom stereocenters. The summed E-state index contributed by atoms with van der Waals surface area (Å²) in [6.07, 6.45) is 6.66. The molecule has 2 aliphatic rings. The Morgan fingerprint density at radius 2 is 1.76 bits per heavy atom. The highest BCUT2D eigenvalue weighted by Gasteiger charge is 2.32. The monoisotopic (exact) mass is 754 g/mol. The van der Waals surface area contributed by atoms with Crippen LogP contribution in [0.4, 0.5) is 23.1 Å². The third-order valence-electron chi connectivity index (χ3n) is 10.4. The fourth-order valence-corrected chi connectivity index (χ4v) is 7.51. The molecule has 3 amide bonds. The van der Waals surface area contributed by atoms with E-state index in [9.17, 15) is 19.2 Å². The third-order valence-corrected chi connectivity index (χ3v) is 10.7. The normalized spacial score (nSPS) is 18.7. The number of anilines is 4. The molecule has 3 aromatic heterocycles. The maximum atomic E-state index is 12.8. The molecule has 2 fully saturated rings. The van der Waals surface area contributed by atoms with Gasteiger partial charge in [0.05, 0.1) is 34.5 Å². The van der Waals surface area contributed by atoms with Crippen molar-refractivity contribution in [1.29, 1.82) is 0 Å². The van der Waals surface area contributed by atoms with Gasteiger partial charge in [-0.2, -0.15) is 10.1 Å². The predicted octanol–water partition coefficient (Wildman–Crippen LogP) is 4.59. The Morgan fingerprint density at radius 3 is 2.50 bits per heavy atom. The lowest BCUT2D eigenvalue weighted by Crippen LogP contribution is -2.39. The molecule has 16 heteroatoms. The number of imide groups is 1. The molecule has 0 radical (unpaired) electrons. The van der Waals surface area contributed by atoms with Gasteiger partial charge in [0, 0.05) is 57.1 Å². The van der Waals surface area contributed by atoms with Gasteiger partial charge in [0.1, 0.15) is 5.02 Å². The quantitative estimate of drug-likeness (QED) is 0.112. The van der Waals surface area contributed by atoms with Crippen LogP contribution in [0.15, 0.2) is 53.5 Å². The summed E-state index contributed by atoms with van der Waals surface area (Å²) in [5.41, 5.74) is 3.72. The number of nitrogens with zero attached hydrogens (tertiary/aromatic N) is 5. The number of likely N-dealkylation sites (N-methyl/N-ethyl adjacent to an activating group) is 1. The number of carbonyl (C=O) groups excluding carboxylic acids is 3. The number of fused-ring (bicyclic) bond motifs is 2. The fourth-order valence-electron chi connectivity index (χ4n) is 7.38. The Balaban J connectivity index is 0.931. The van der Waals surface area contributed by atoms with Crippen LogP contribution in [-0.2, 0) is 28.5 Å². The number of amides is 3. The van der Waals surface area contributed by atoms with Crippen LogP contribution in [0.3, 0.4) is 0 Å². The highest BCUT2D eigenvalue weighted by Crippen LogP contribution is 2.35. The molecule has 0 spiro atoms. The molecule has 1 unspecified atom stereocenters. The molecule has 1 aliphatic heterocycles. The third kappa shape index (κ3) is 7.81. The first kappa shape index (κ1) is 36.6. The van der Waals surface area contributed by atoms with Crippen LogP contribution >= 0.6 is 11.6 Å². The second kappa shape index (κ2) is 15.7. The first-order valence-corrected chi connectivity index (χ1v) is 18.5. The van der Waals surface area contributed by atoms with Gasteiger partial charge in [0.15, 0.2) is 18.2 Å². The minimum atomic E-state index is -0.437. The molecule has 2 aromatic carbocycles. The number of para-hydroxylation sites is 1. The predicted molar refractivity (Wildman–Crippen MR) is 207 cm³/mol. The molecule has 1 saturated heterocycles. The topological polar surface area (TPSA) is 186 Å². The van der Waals surface area contributed by atoms with E-state index < -0.39 is 5.92 Å². The molecule has 54 heavy (non-hydrogen) atoms. The minimum absolute atomic E-state index is 0.0759. The molecule has 15 nitrogen and oxygen atoms in total. The van der Waals surface area contributed by atoms with Crippen LogP contribution in [0.1, 0.15) is 50.1 Å². The van der Waals surface area contributed by atoms with E-state index in [1.54, 1.807) is 19.3 Å². The maximum absolute atomic E-state index is 12.8. The zero-order chi connectivity index (χ0) is 37.9. The Kier molecular flexibility index (Phi) is 10.7. The van der Waals surface area contributed by atoms with E-state index >= 15 is 0 Å². The number of hydrogen-bond donors (Lipinski definition) is 5. The van der Waals surface area contributed by atoms with E-state index in [0.29, 0.717) is 58.4 Å². The maximum Gasteiger partial charge on any atom is 0.293 e. The van der Waals surface area contributed by atoms with E-state index in [4.69, 9.17) is 21.4 Å². The molecule has 282 valence electrons. The van der Waals surface area contributed by atoms with E-state index in [2.05, 4.69) is 42.6 Å². The van der Waals surface area contributed by atoms with Crippen LogP contribution in [0.2, 0.25) is 5.02 Å². The van der Waals surface area contributed by atoms with Crippen LogP contribution in [-0.4, -0.2) is 68.8 Å². The smallest absolute Gasteiger partial charge is 0.293 e. The summed E-state index contributed by atoms with van der Waals surface area (Å²) in [7, 11) is 5.05. The zero-order valence-electron chi connectivity index (χ0n) is 30.4. The molecule has 7 rings (SSSR count). The zero-order valence-corrected chi connectivity index (χ0v) is 31.1. The van der Waals surface area contributed by atoms with Gasteiger partial charge in [-0.25, -0.2) is 4.98 Å². The first-order chi connectivity index (χ1) is 26.1. The molecular weight excluding hydrogens is 712 g/mol. The van der Waals surface area contributed by atoms with Gasteiger partial charge in [-0.05, 0) is 74.3 Å². The Morgan fingerprint density at radius 1 is 1.00 bits per heavy atom. The van der Waals surface area contributed by atoms with E-state index in [-0.39, 0.29) is 35.6 Å². The van der Waals surface area contributed by atoms with Crippen LogP contribution in [0.25, 0.3) is 21.8 Å². The highest BCUT2D eigenvalue weighted by atomic mass is 35.5. The number of piperidine rings is 1. The summed E-state index contributed by atoms with van der Waals surface area (Å²) in [5, 5.41) is 22.0. The number of carbonyl (C=O) groups is 3.